The van der Waals surface area contributed by atoms with Gasteiger partial charge in [-0.15, -0.1) is 11.3 Å². The number of thiophene rings is 2. The third kappa shape index (κ3) is 4.08. The van der Waals surface area contributed by atoms with Crippen molar-refractivity contribution in [3.63, 3.8) is 0 Å². The van der Waals surface area contributed by atoms with E-state index in [-0.39, 0.29) is 12.1 Å². The first kappa shape index (κ1) is 17.1. The van der Waals surface area contributed by atoms with Gasteiger partial charge < -0.3 is 9.64 Å². The van der Waals surface area contributed by atoms with Crippen LogP contribution in [-0.2, 0) is 0 Å². The lowest BCUT2D eigenvalue weighted by Crippen LogP contribution is -2.43. The van der Waals surface area contributed by atoms with Gasteiger partial charge in [-0.05, 0) is 57.6 Å². The van der Waals surface area contributed by atoms with Gasteiger partial charge in [-0.2, -0.15) is 11.3 Å². The van der Waals surface area contributed by atoms with E-state index in [0.717, 1.165) is 36.7 Å². The van der Waals surface area contributed by atoms with Crippen molar-refractivity contribution >= 4 is 33.7 Å². The summed E-state index contributed by atoms with van der Waals surface area (Å²) >= 11 is 3.24. The molecule has 0 unspecified atom stereocenters. The molecule has 1 aromatic carbocycles. The number of carbonyl (C=O) groups is 1. The van der Waals surface area contributed by atoms with E-state index in [2.05, 4.69) is 34.3 Å². The highest BCUT2D eigenvalue weighted by atomic mass is 32.1. The first-order chi connectivity index (χ1) is 12.8. The molecule has 0 radical (unpaired) electrons. The molecule has 1 aliphatic rings. The lowest BCUT2D eigenvalue weighted by atomic mass is 10.1. The van der Waals surface area contributed by atoms with E-state index in [9.17, 15) is 4.79 Å². The van der Waals surface area contributed by atoms with E-state index in [1.165, 1.54) is 22.5 Å². The molecule has 1 N–H and O–H groups in total. The van der Waals surface area contributed by atoms with Crippen LogP contribution in [0.2, 0.25) is 0 Å². The van der Waals surface area contributed by atoms with E-state index >= 15 is 0 Å². The second-order valence-corrected chi connectivity index (χ2v) is 7.98. The zero-order chi connectivity index (χ0) is 17.8. The number of carbonyl (C=O) groups excluding carboxylic acids is 1. The molecule has 3 aromatic rings. The number of benzene rings is 1. The van der Waals surface area contributed by atoms with E-state index in [0.29, 0.717) is 0 Å². The predicted molar refractivity (Wildman–Crippen MR) is 108 cm³/mol. The van der Waals surface area contributed by atoms with Gasteiger partial charge in [0.25, 0.3) is 0 Å². The number of amides is 2. The summed E-state index contributed by atoms with van der Waals surface area (Å²) in [4.78, 5) is 14.1. The zero-order valence-electron chi connectivity index (χ0n) is 14.3. The predicted octanol–water partition coefficient (Wildman–Crippen LogP) is 5.55. The third-order valence-electron chi connectivity index (χ3n) is 4.49. The lowest BCUT2D eigenvalue weighted by Gasteiger charge is -2.32. The Morgan fingerprint density at radius 1 is 1.04 bits per heavy atom. The van der Waals surface area contributed by atoms with Crippen LogP contribution >= 0.6 is 22.7 Å². The van der Waals surface area contributed by atoms with Crippen molar-refractivity contribution in [1.29, 1.82) is 0 Å². The average Bonchev–Trinajstić information content (AvgIpc) is 3.37. The molecule has 1 saturated heterocycles. The molecular formula is C20H20N2O2S2. The van der Waals surface area contributed by atoms with Crippen molar-refractivity contribution in [1.82, 2.24) is 4.90 Å². The number of nitrogens with zero attached hydrogens (tertiary/aromatic N) is 1. The van der Waals surface area contributed by atoms with Crippen molar-refractivity contribution in [3.8, 4) is 16.9 Å². The molecule has 6 heteroatoms. The van der Waals surface area contributed by atoms with Gasteiger partial charge in [-0.1, -0.05) is 12.1 Å². The molecule has 3 heterocycles. The van der Waals surface area contributed by atoms with Crippen molar-refractivity contribution in [2.24, 2.45) is 0 Å². The number of nitrogens with one attached hydrogen (secondary N) is 1. The molecule has 0 saturated carbocycles. The number of likely N-dealkylation sites (tertiary alicyclic amines) is 1. The summed E-state index contributed by atoms with van der Waals surface area (Å²) in [5.74, 6) is 0.894. The Balaban J connectivity index is 1.28. The quantitative estimate of drug-likeness (QED) is 0.640. The summed E-state index contributed by atoms with van der Waals surface area (Å²) in [6.07, 6.45) is 1.86. The van der Waals surface area contributed by atoms with E-state index in [1.54, 1.807) is 11.3 Å². The van der Waals surface area contributed by atoms with Gasteiger partial charge in [0.2, 0.25) is 0 Å². The number of hydrogen-bond acceptors (Lipinski definition) is 4. The molecule has 0 bridgehead atoms. The first-order valence-electron chi connectivity index (χ1n) is 8.67. The van der Waals surface area contributed by atoms with Crippen LogP contribution in [0, 0.1) is 0 Å². The molecular weight excluding hydrogens is 364 g/mol. The van der Waals surface area contributed by atoms with Crippen LogP contribution in [0.1, 0.15) is 12.8 Å². The Labute approximate surface area is 161 Å². The Bertz CT molecular complexity index is 821. The van der Waals surface area contributed by atoms with Crippen molar-refractivity contribution in [2.75, 3.05) is 18.4 Å². The number of hydrogen-bond donors (Lipinski definition) is 1. The number of ether oxygens (including phenoxy) is 1. The first-order valence-corrected chi connectivity index (χ1v) is 10.5. The van der Waals surface area contributed by atoms with Gasteiger partial charge in [0.15, 0.2) is 0 Å². The topological polar surface area (TPSA) is 41.6 Å². The summed E-state index contributed by atoms with van der Waals surface area (Å²) < 4.78 is 6.11. The van der Waals surface area contributed by atoms with Crippen LogP contribution in [0.4, 0.5) is 9.80 Å². The number of piperidine rings is 1. The zero-order valence-corrected chi connectivity index (χ0v) is 15.9. The summed E-state index contributed by atoms with van der Waals surface area (Å²) in [5.41, 5.74) is 2.45. The van der Waals surface area contributed by atoms with Gasteiger partial charge >= 0.3 is 6.03 Å². The minimum Gasteiger partial charge on any atom is -0.490 e. The highest BCUT2D eigenvalue weighted by molar-refractivity contribution is 7.14. The van der Waals surface area contributed by atoms with Crippen LogP contribution < -0.4 is 10.1 Å². The van der Waals surface area contributed by atoms with Crippen LogP contribution in [0.3, 0.4) is 0 Å². The summed E-state index contributed by atoms with van der Waals surface area (Å²) in [6.45, 7) is 1.43. The Hall–Kier alpha value is -2.31. The Kier molecular flexibility index (Phi) is 5.22. The molecule has 134 valence electrons. The van der Waals surface area contributed by atoms with Gasteiger partial charge in [-0.3, -0.25) is 5.32 Å². The molecule has 2 aromatic heterocycles. The fraction of sp³-hybridized carbons (Fsp3) is 0.250. The molecule has 26 heavy (non-hydrogen) atoms. The molecule has 4 rings (SSSR count). The minimum absolute atomic E-state index is 0.0222. The van der Waals surface area contributed by atoms with Crippen LogP contribution in [-0.4, -0.2) is 30.1 Å². The van der Waals surface area contributed by atoms with Crippen molar-refractivity contribution < 1.29 is 9.53 Å². The van der Waals surface area contributed by atoms with Crippen molar-refractivity contribution in [2.45, 2.75) is 18.9 Å². The molecule has 1 fully saturated rings. The fourth-order valence-corrected chi connectivity index (χ4v) is 4.33. The van der Waals surface area contributed by atoms with E-state index in [1.807, 2.05) is 34.5 Å². The second-order valence-electron chi connectivity index (χ2n) is 6.25. The monoisotopic (exact) mass is 384 g/mol. The summed E-state index contributed by atoms with van der Waals surface area (Å²) in [7, 11) is 0. The summed E-state index contributed by atoms with van der Waals surface area (Å²) in [5, 5.41) is 10.0. The molecule has 0 aliphatic carbocycles. The molecule has 2 amide bonds. The maximum Gasteiger partial charge on any atom is 0.322 e. The average molecular weight is 385 g/mol. The maximum atomic E-state index is 12.3. The number of anilines is 1. The second kappa shape index (κ2) is 7.93. The molecule has 4 nitrogen and oxygen atoms in total. The lowest BCUT2D eigenvalue weighted by molar-refractivity contribution is 0.115. The maximum absolute atomic E-state index is 12.3. The van der Waals surface area contributed by atoms with Gasteiger partial charge in [0, 0.05) is 25.9 Å². The third-order valence-corrected chi connectivity index (χ3v) is 5.96. The molecule has 0 spiro atoms. The van der Waals surface area contributed by atoms with Crippen LogP contribution in [0.15, 0.2) is 58.6 Å². The molecule has 0 atom stereocenters. The standard InChI is InChI=1S/C20H20N2O2S2/c23-20(21-19-2-1-12-26-19)22-10-7-18(8-11-22)24-17-5-3-15(4-6-17)16-9-13-25-14-16/h1-6,9,12-14,18H,7-8,10-11H2,(H,21,23). The van der Waals surface area contributed by atoms with Crippen LogP contribution in [0.25, 0.3) is 11.1 Å². The number of urea groups is 1. The molecule has 1 aliphatic heterocycles. The van der Waals surface area contributed by atoms with Gasteiger partial charge in [0.1, 0.15) is 11.9 Å². The fourth-order valence-electron chi connectivity index (χ4n) is 3.06. The minimum atomic E-state index is -0.0222. The highest BCUT2D eigenvalue weighted by Gasteiger charge is 2.24. The van der Waals surface area contributed by atoms with E-state index < -0.39 is 0 Å². The Morgan fingerprint density at radius 2 is 1.85 bits per heavy atom. The van der Waals surface area contributed by atoms with Crippen molar-refractivity contribution in [3.05, 3.63) is 58.6 Å². The SMILES string of the molecule is O=C(Nc1cccs1)N1CCC(Oc2ccc(-c3ccsc3)cc2)CC1. The van der Waals surface area contributed by atoms with Gasteiger partial charge in [0.05, 0.1) is 5.00 Å². The summed E-state index contributed by atoms with van der Waals surface area (Å²) in [6, 6.07) is 14.2. The number of rotatable bonds is 4. The van der Waals surface area contributed by atoms with Gasteiger partial charge in [-0.25, -0.2) is 4.79 Å². The van der Waals surface area contributed by atoms with Crippen LogP contribution in [0.5, 0.6) is 5.75 Å². The largest absolute Gasteiger partial charge is 0.490 e. The Morgan fingerprint density at radius 3 is 2.50 bits per heavy atom. The van der Waals surface area contributed by atoms with E-state index in [4.69, 9.17) is 4.74 Å². The highest BCUT2D eigenvalue weighted by Crippen LogP contribution is 2.26. The smallest absolute Gasteiger partial charge is 0.322 e. The normalized spacial score (nSPS) is 15.0.